The van der Waals surface area contributed by atoms with Crippen LogP contribution in [0, 0.1) is 0 Å². The fourth-order valence-electron chi connectivity index (χ4n) is 2.03. The number of hydrogen-bond donors (Lipinski definition) is 1. The van der Waals surface area contributed by atoms with E-state index in [0.717, 1.165) is 13.0 Å². The Morgan fingerprint density at radius 1 is 1.27 bits per heavy atom. The van der Waals surface area contributed by atoms with Gasteiger partial charge in [-0.05, 0) is 30.2 Å². The number of benzene rings is 1. The van der Waals surface area contributed by atoms with Crippen LogP contribution in [0.25, 0.3) is 0 Å². The average molecular weight is 321 g/mol. The zero-order valence-corrected chi connectivity index (χ0v) is 13.2. The van der Waals surface area contributed by atoms with Crippen molar-refractivity contribution in [3.63, 3.8) is 0 Å². The second kappa shape index (κ2) is 7.22. The molecule has 0 unspecified atom stereocenters. The maximum Gasteiger partial charge on any atom is 0.251 e. The standard InChI is InChI=1S/C15H19N3O3S/c1-22(20,21)12-13-4-6-14(7-5-13)15(19)16-8-2-10-18-11-3-9-17-18/h3-7,9,11H,2,8,10,12H2,1H3,(H,16,19). The number of aryl methyl sites for hydroxylation is 1. The molecule has 22 heavy (non-hydrogen) atoms. The normalized spacial score (nSPS) is 11.3. The lowest BCUT2D eigenvalue weighted by atomic mass is 10.1. The molecule has 1 N–H and O–H groups in total. The third-order valence-corrected chi connectivity index (χ3v) is 3.91. The zero-order chi connectivity index (χ0) is 16.0. The lowest BCUT2D eigenvalue weighted by molar-refractivity contribution is 0.0952. The van der Waals surface area contributed by atoms with Crippen LogP contribution in [-0.2, 0) is 22.1 Å². The number of sulfone groups is 1. The van der Waals surface area contributed by atoms with Crippen LogP contribution in [0.5, 0.6) is 0 Å². The molecule has 0 radical (unpaired) electrons. The summed E-state index contributed by atoms with van der Waals surface area (Å²) in [7, 11) is -3.06. The van der Waals surface area contributed by atoms with E-state index in [1.165, 1.54) is 6.26 Å². The molecule has 0 atom stereocenters. The number of nitrogens with one attached hydrogen (secondary N) is 1. The monoisotopic (exact) mass is 321 g/mol. The summed E-state index contributed by atoms with van der Waals surface area (Å²) in [4.78, 5) is 12.0. The number of aromatic nitrogens is 2. The topological polar surface area (TPSA) is 81.1 Å². The van der Waals surface area contributed by atoms with Crippen LogP contribution in [0.1, 0.15) is 22.3 Å². The first-order valence-corrected chi connectivity index (χ1v) is 9.02. The van der Waals surface area contributed by atoms with Gasteiger partial charge in [0, 0.05) is 37.3 Å². The van der Waals surface area contributed by atoms with E-state index in [1.807, 2.05) is 16.9 Å². The van der Waals surface area contributed by atoms with E-state index >= 15 is 0 Å². The molecule has 0 aliphatic rings. The van der Waals surface area contributed by atoms with Gasteiger partial charge in [-0.2, -0.15) is 5.10 Å². The van der Waals surface area contributed by atoms with Gasteiger partial charge >= 0.3 is 0 Å². The van der Waals surface area contributed by atoms with E-state index < -0.39 is 9.84 Å². The molecule has 0 fully saturated rings. The van der Waals surface area contributed by atoms with E-state index in [9.17, 15) is 13.2 Å². The molecule has 118 valence electrons. The van der Waals surface area contributed by atoms with Crippen LogP contribution in [0.15, 0.2) is 42.7 Å². The minimum absolute atomic E-state index is 0.0151. The molecular weight excluding hydrogens is 302 g/mol. The van der Waals surface area contributed by atoms with Gasteiger partial charge in [-0.3, -0.25) is 9.48 Å². The Morgan fingerprint density at radius 2 is 2.00 bits per heavy atom. The highest BCUT2D eigenvalue weighted by atomic mass is 32.2. The van der Waals surface area contributed by atoms with Crippen molar-refractivity contribution >= 4 is 15.7 Å². The zero-order valence-electron chi connectivity index (χ0n) is 12.4. The fourth-order valence-corrected chi connectivity index (χ4v) is 2.83. The number of amides is 1. The summed E-state index contributed by atoms with van der Waals surface area (Å²) in [6.07, 6.45) is 5.58. The first-order valence-electron chi connectivity index (χ1n) is 6.96. The van der Waals surface area contributed by atoms with Crippen LogP contribution < -0.4 is 5.32 Å². The van der Waals surface area contributed by atoms with Crippen molar-refractivity contribution in [2.45, 2.75) is 18.7 Å². The highest BCUT2D eigenvalue weighted by Crippen LogP contribution is 2.08. The Hall–Kier alpha value is -2.15. The average Bonchev–Trinajstić information content (AvgIpc) is 2.95. The largest absolute Gasteiger partial charge is 0.352 e. The van der Waals surface area contributed by atoms with Crippen molar-refractivity contribution in [1.82, 2.24) is 15.1 Å². The Morgan fingerprint density at radius 3 is 2.59 bits per heavy atom. The molecule has 1 aromatic carbocycles. The minimum atomic E-state index is -3.06. The molecule has 7 heteroatoms. The molecule has 0 aliphatic carbocycles. The number of nitrogens with zero attached hydrogens (tertiary/aromatic N) is 2. The van der Waals surface area contributed by atoms with E-state index in [4.69, 9.17) is 0 Å². The molecule has 1 heterocycles. The lowest BCUT2D eigenvalue weighted by Gasteiger charge is -2.06. The van der Waals surface area contributed by atoms with Gasteiger partial charge in [0.15, 0.2) is 9.84 Å². The molecule has 0 saturated heterocycles. The van der Waals surface area contributed by atoms with Crippen molar-refractivity contribution in [2.24, 2.45) is 0 Å². The van der Waals surface area contributed by atoms with Crippen LogP contribution in [0.3, 0.4) is 0 Å². The van der Waals surface area contributed by atoms with Crippen LogP contribution in [0.4, 0.5) is 0 Å². The van der Waals surface area contributed by atoms with Gasteiger partial charge in [0.25, 0.3) is 5.91 Å². The summed E-state index contributed by atoms with van der Waals surface area (Å²) in [5.41, 5.74) is 1.20. The smallest absolute Gasteiger partial charge is 0.251 e. The number of hydrogen-bond acceptors (Lipinski definition) is 4. The molecule has 0 aliphatic heterocycles. The molecule has 0 spiro atoms. The maximum atomic E-state index is 12.0. The highest BCUT2D eigenvalue weighted by molar-refractivity contribution is 7.89. The van der Waals surface area contributed by atoms with Gasteiger partial charge in [-0.1, -0.05) is 12.1 Å². The van der Waals surface area contributed by atoms with Crippen LogP contribution >= 0.6 is 0 Å². The Labute approximate surface area is 130 Å². The molecule has 2 aromatic rings. The minimum Gasteiger partial charge on any atom is -0.352 e. The van der Waals surface area contributed by atoms with E-state index in [2.05, 4.69) is 10.4 Å². The third kappa shape index (κ3) is 5.33. The van der Waals surface area contributed by atoms with E-state index in [1.54, 1.807) is 30.5 Å². The number of carbonyl (C=O) groups is 1. The summed E-state index contributed by atoms with van der Waals surface area (Å²) in [5, 5.41) is 6.92. The Balaban J connectivity index is 1.79. The van der Waals surface area contributed by atoms with Gasteiger partial charge in [-0.15, -0.1) is 0 Å². The fraction of sp³-hybridized carbons (Fsp3) is 0.333. The van der Waals surface area contributed by atoms with Crippen molar-refractivity contribution < 1.29 is 13.2 Å². The molecule has 2 rings (SSSR count). The second-order valence-corrected chi connectivity index (χ2v) is 7.29. The summed E-state index contributed by atoms with van der Waals surface area (Å²) < 4.78 is 24.2. The molecule has 1 aromatic heterocycles. The quantitative estimate of drug-likeness (QED) is 0.778. The van der Waals surface area contributed by atoms with Gasteiger partial charge in [-0.25, -0.2) is 8.42 Å². The van der Waals surface area contributed by atoms with Gasteiger partial charge < -0.3 is 5.32 Å². The predicted molar refractivity (Wildman–Crippen MR) is 84.2 cm³/mol. The molecule has 1 amide bonds. The SMILES string of the molecule is CS(=O)(=O)Cc1ccc(C(=O)NCCCn2cccn2)cc1. The van der Waals surface area contributed by atoms with Crippen LogP contribution in [-0.4, -0.2) is 36.9 Å². The van der Waals surface area contributed by atoms with E-state index in [-0.39, 0.29) is 11.7 Å². The van der Waals surface area contributed by atoms with Gasteiger partial charge in [0.2, 0.25) is 0 Å². The van der Waals surface area contributed by atoms with E-state index in [0.29, 0.717) is 17.7 Å². The van der Waals surface area contributed by atoms with Crippen molar-refractivity contribution in [3.8, 4) is 0 Å². The van der Waals surface area contributed by atoms with Gasteiger partial charge in [0.05, 0.1) is 5.75 Å². The number of rotatable bonds is 7. The number of carbonyl (C=O) groups excluding carboxylic acids is 1. The maximum absolute atomic E-state index is 12.0. The molecule has 0 saturated carbocycles. The van der Waals surface area contributed by atoms with Crippen LogP contribution in [0.2, 0.25) is 0 Å². The first-order chi connectivity index (χ1) is 10.4. The Kier molecular flexibility index (Phi) is 5.32. The first kappa shape index (κ1) is 16.2. The summed E-state index contributed by atoms with van der Waals surface area (Å²) in [6.45, 7) is 1.31. The molecule has 0 bridgehead atoms. The second-order valence-electron chi connectivity index (χ2n) is 5.15. The lowest BCUT2D eigenvalue weighted by Crippen LogP contribution is -2.25. The summed E-state index contributed by atoms with van der Waals surface area (Å²) in [5.74, 6) is -0.176. The predicted octanol–water partition coefficient (Wildman–Crippen LogP) is 1.25. The van der Waals surface area contributed by atoms with Gasteiger partial charge in [0.1, 0.15) is 0 Å². The summed E-state index contributed by atoms with van der Waals surface area (Å²) in [6, 6.07) is 8.47. The molecule has 6 nitrogen and oxygen atoms in total. The van der Waals surface area contributed by atoms with Crippen molar-refractivity contribution in [1.29, 1.82) is 0 Å². The Bertz CT molecular complexity index is 707. The van der Waals surface area contributed by atoms with Crippen molar-refractivity contribution in [2.75, 3.05) is 12.8 Å². The summed E-state index contributed by atoms with van der Waals surface area (Å²) >= 11 is 0. The highest BCUT2D eigenvalue weighted by Gasteiger charge is 2.07. The van der Waals surface area contributed by atoms with Crippen molar-refractivity contribution in [3.05, 3.63) is 53.9 Å². The third-order valence-electron chi connectivity index (χ3n) is 3.05. The molecular formula is C15H19N3O3S.